The van der Waals surface area contributed by atoms with Crippen LogP contribution in [0.2, 0.25) is 5.02 Å². The lowest BCUT2D eigenvalue weighted by molar-refractivity contribution is 0.844. The predicted molar refractivity (Wildman–Crippen MR) is 93.2 cm³/mol. The van der Waals surface area contributed by atoms with Gasteiger partial charge in [-0.05, 0) is 36.8 Å². The van der Waals surface area contributed by atoms with Gasteiger partial charge in [0.15, 0.2) is 0 Å². The molecule has 0 aliphatic rings. The molecule has 0 fully saturated rings. The summed E-state index contributed by atoms with van der Waals surface area (Å²) in [6.07, 6.45) is 2.08. The van der Waals surface area contributed by atoms with Crippen LogP contribution in [-0.2, 0) is 6.54 Å². The minimum Gasteiger partial charge on any atom is -0.305 e. The fourth-order valence-electron chi connectivity index (χ4n) is 2.78. The highest BCUT2D eigenvalue weighted by atomic mass is 35.5. The highest BCUT2D eigenvalue weighted by Gasteiger charge is 2.12. The monoisotopic (exact) mass is 331 g/mol. The lowest BCUT2D eigenvalue weighted by Crippen LogP contribution is -2.00. The fraction of sp³-hybridized carbons (Fsp3) is 0.118. The summed E-state index contributed by atoms with van der Waals surface area (Å²) in [5.74, 6) is 0.976. The molecular weight excluding hydrogens is 317 g/mol. The number of para-hydroxylation sites is 2. The second-order valence-electron chi connectivity index (χ2n) is 5.25. The normalized spacial score (nSPS) is 11.0. The van der Waals surface area contributed by atoms with Crippen LogP contribution in [0.4, 0.5) is 0 Å². The molecule has 0 saturated heterocycles. The first-order valence-electron chi connectivity index (χ1n) is 6.90. The van der Waals surface area contributed by atoms with Crippen LogP contribution in [-0.4, -0.2) is 14.0 Å². The molecule has 4 aromatic rings. The number of hydrogen-bond acceptors (Lipinski definition) is 1. The number of hydrogen-bond donors (Lipinski definition) is 0. The summed E-state index contributed by atoms with van der Waals surface area (Å²) in [5, 5.41) is 0.762. The fourth-order valence-corrected chi connectivity index (χ4v) is 2.91. The van der Waals surface area contributed by atoms with Gasteiger partial charge in [-0.2, -0.15) is 0 Å². The minimum absolute atomic E-state index is 0. The lowest BCUT2D eigenvalue weighted by Gasteiger charge is -2.05. The van der Waals surface area contributed by atoms with Crippen molar-refractivity contribution in [2.24, 2.45) is 0 Å². The first-order chi connectivity index (χ1) is 10.2. The average molecular weight is 332 g/mol. The van der Waals surface area contributed by atoms with E-state index in [1.807, 2.05) is 19.1 Å². The number of rotatable bonds is 2. The molecule has 0 amide bonds. The number of fused-ring (bicyclic) bond motifs is 3. The van der Waals surface area contributed by atoms with Crippen molar-refractivity contribution < 1.29 is 0 Å². The van der Waals surface area contributed by atoms with Crippen molar-refractivity contribution in [2.75, 3.05) is 0 Å². The van der Waals surface area contributed by atoms with Crippen LogP contribution < -0.4 is 0 Å². The van der Waals surface area contributed by atoms with Gasteiger partial charge in [-0.15, -0.1) is 12.4 Å². The Hall–Kier alpha value is -1.97. The van der Waals surface area contributed by atoms with E-state index < -0.39 is 0 Å². The summed E-state index contributed by atoms with van der Waals surface area (Å²) in [4.78, 5) is 4.66. The average Bonchev–Trinajstić information content (AvgIpc) is 2.99. The number of aromatic nitrogens is 3. The molecule has 0 aliphatic carbocycles. The molecule has 2 aromatic heterocycles. The quantitative estimate of drug-likeness (QED) is 0.521. The molecule has 0 radical (unpaired) electrons. The zero-order valence-corrected chi connectivity index (χ0v) is 13.6. The molecule has 0 saturated carbocycles. The van der Waals surface area contributed by atoms with Gasteiger partial charge in [0.25, 0.3) is 0 Å². The third-order valence-corrected chi connectivity index (χ3v) is 3.99. The SMILES string of the molecule is Cc1cn2c3ccccc3n(Cc3ccc(Cl)cc3)c2n1.Cl. The number of imidazole rings is 2. The Morgan fingerprint density at radius 3 is 2.41 bits per heavy atom. The molecule has 4 rings (SSSR count). The Morgan fingerprint density at radius 2 is 1.68 bits per heavy atom. The van der Waals surface area contributed by atoms with Gasteiger partial charge >= 0.3 is 0 Å². The molecule has 22 heavy (non-hydrogen) atoms. The number of nitrogens with zero attached hydrogens (tertiary/aromatic N) is 3. The Labute approximate surface area is 139 Å². The standard InChI is InChI=1S/C17H14ClN3.ClH/c1-12-10-20-15-4-2-3-5-16(15)21(17(20)19-12)11-13-6-8-14(18)9-7-13;/h2-10H,11H2,1H3;1H. The lowest BCUT2D eigenvalue weighted by atomic mass is 10.2. The van der Waals surface area contributed by atoms with Gasteiger partial charge in [0.1, 0.15) is 0 Å². The van der Waals surface area contributed by atoms with Gasteiger partial charge in [-0.1, -0.05) is 35.9 Å². The van der Waals surface area contributed by atoms with E-state index in [9.17, 15) is 0 Å². The summed E-state index contributed by atoms with van der Waals surface area (Å²) >= 11 is 5.96. The third-order valence-electron chi connectivity index (χ3n) is 3.74. The Morgan fingerprint density at radius 1 is 1.00 bits per heavy atom. The van der Waals surface area contributed by atoms with Crippen molar-refractivity contribution in [1.82, 2.24) is 14.0 Å². The van der Waals surface area contributed by atoms with Gasteiger partial charge < -0.3 is 4.57 Å². The van der Waals surface area contributed by atoms with Gasteiger partial charge in [0, 0.05) is 11.2 Å². The maximum atomic E-state index is 5.96. The summed E-state index contributed by atoms with van der Waals surface area (Å²) in [6.45, 7) is 2.80. The molecule has 0 spiro atoms. The summed E-state index contributed by atoms with van der Waals surface area (Å²) in [5.41, 5.74) is 4.61. The van der Waals surface area contributed by atoms with Crippen LogP contribution in [0.3, 0.4) is 0 Å². The third kappa shape index (κ3) is 2.36. The van der Waals surface area contributed by atoms with E-state index in [0.29, 0.717) is 0 Å². The highest BCUT2D eigenvalue weighted by molar-refractivity contribution is 6.30. The smallest absolute Gasteiger partial charge is 0.215 e. The Bertz CT molecular complexity index is 936. The van der Waals surface area contributed by atoms with E-state index in [0.717, 1.165) is 23.0 Å². The zero-order valence-electron chi connectivity index (χ0n) is 12.0. The van der Waals surface area contributed by atoms with Crippen molar-refractivity contribution in [3.05, 3.63) is 71.0 Å². The molecule has 0 bridgehead atoms. The maximum Gasteiger partial charge on any atom is 0.215 e. The molecule has 2 aromatic carbocycles. The van der Waals surface area contributed by atoms with Crippen LogP contribution in [0.1, 0.15) is 11.3 Å². The number of benzene rings is 2. The van der Waals surface area contributed by atoms with Gasteiger partial charge in [-0.25, -0.2) is 4.98 Å². The molecular formula is C17H15Cl2N3. The highest BCUT2D eigenvalue weighted by Crippen LogP contribution is 2.22. The van der Waals surface area contributed by atoms with Crippen LogP contribution >= 0.6 is 24.0 Å². The van der Waals surface area contributed by atoms with E-state index in [2.05, 4.69) is 56.5 Å². The van der Waals surface area contributed by atoms with Crippen molar-refractivity contribution in [3.8, 4) is 0 Å². The largest absolute Gasteiger partial charge is 0.305 e. The van der Waals surface area contributed by atoms with Gasteiger partial charge in [0.2, 0.25) is 5.78 Å². The zero-order chi connectivity index (χ0) is 14.4. The second-order valence-corrected chi connectivity index (χ2v) is 5.69. The maximum absolute atomic E-state index is 5.96. The first kappa shape index (κ1) is 14.9. The minimum atomic E-state index is 0. The van der Waals surface area contributed by atoms with Crippen LogP contribution in [0.15, 0.2) is 54.7 Å². The summed E-state index contributed by atoms with van der Waals surface area (Å²) in [6, 6.07) is 16.4. The molecule has 5 heteroatoms. The van der Waals surface area contributed by atoms with Crippen molar-refractivity contribution >= 4 is 40.8 Å². The van der Waals surface area contributed by atoms with Crippen molar-refractivity contribution in [2.45, 2.75) is 13.5 Å². The molecule has 2 heterocycles. The van der Waals surface area contributed by atoms with Crippen molar-refractivity contribution in [3.63, 3.8) is 0 Å². The van der Waals surface area contributed by atoms with E-state index in [1.165, 1.54) is 16.6 Å². The second kappa shape index (κ2) is 5.67. The van der Waals surface area contributed by atoms with Gasteiger partial charge in [-0.3, -0.25) is 4.40 Å². The van der Waals surface area contributed by atoms with Crippen LogP contribution in [0.25, 0.3) is 16.8 Å². The van der Waals surface area contributed by atoms with Crippen molar-refractivity contribution in [1.29, 1.82) is 0 Å². The number of aryl methyl sites for hydroxylation is 1. The summed E-state index contributed by atoms with van der Waals surface area (Å²) < 4.78 is 4.39. The molecule has 0 unspecified atom stereocenters. The Balaban J connectivity index is 0.00000144. The predicted octanol–water partition coefficient (Wildman–Crippen LogP) is 4.72. The topological polar surface area (TPSA) is 22.2 Å². The van der Waals surface area contributed by atoms with Gasteiger partial charge in [0.05, 0.1) is 23.3 Å². The number of halogens is 2. The van der Waals surface area contributed by atoms with E-state index in [1.54, 1.807) is 0 Å². The van der Waals surface area contributed by atoms with E-state index in [4.69, 9.17) is 11.6 Å². The summed E-state index contributed by atoms with van der Waals surface area (Å²) in [7, 11) is 0. The Kier molecular flexibility index (Phi) is 3.85. The van der Waals surface area contributed by atoms with E-state index in [-0.39, 0.29) is 12.4 Å². The van der Waals surface area contributed by atoms with E-state index >= 15 is 0 Å². The molecule has 3 nitrogen and oxygen atoms in total. The van der Waals surface area contributed by atoms with Crippen LogP contribution in [0.5, 0.6) is 0 Å². The van der Waals surface area contributed by atoms with Crippen LogP contribution in [0, 0.1) is 6.92 Å². The molecule has 112 valence electrons. The molecule has 0 aliphatic heterocycles. The molecule has 0 N–H and O–H groups in total. The first-order valence-corrected chi connectivity index (χ1v) is 7.27. The molecule has 0 atom stereocenters.